The number of nitrogens with zero attached hydrogens (tertiary/aromatic N) is 2. The minimum atomic E-state index is -0.473. The van der Waals surface area contributed by atoms with Gasteiger partial charge < -0.3 is 19.9 Å². The predicted octanol–water partition coefficient (Wildman–Crippen LogP) is 3.85. The molecule has 126 valence electrons. The van der Waals surface area contributed by atoms with Gasteiger partial charge in [0.1, 0.15) is 23.3 Å². The summed E-state index contributed by atoms with van der Waals surface area (Å²) in [7, 11) is 1.54. The summed E-state index contributed by atoms with van der Waals surface area (Å²) in [6, 6.07) is 14.4. The Bertz CT molecular complexity index is 933. The molecule has 0 aliphatic heterocycles. The van der Waals surface area contributed by atoms with Crippen LogP contribution >= 0.6 is 0 Å². The molecule has 0 aliphatic rings. The van der Waals surface area contributed by atoms with Crippen LogP contribution in [0.25, 0.3) is 10.9 Å². The number of fused-ring (bicyclic) bond motifs is 1. The average Bonchev–Trinajstić information content (AvgIpc) is 2.63. The summed E-state index contributed by atoms with van der Waals surface area (Å²) in [6.07, 6.45) is 1.17. The third-order valence-electron chi connectivity index (χ3n) is 3.66. The van der Waals surface area contributed by atoms with E-state index in [4.69, 9.17) is 19.9 Å². The molecule has 0 amide bonds. The number of rotatable bonds is 5. The van der Waals surface area contributed by atoms with Crippen LogP contribution < -0.4 is 15.2 Å². The Hall–Kier alpha value is -3.30. The Morgan fingerprint density at radius 1 is 1.12 bits per heavy atom. The van der Waals surface area contributed by atoms with Crippen molar-refractivity contribution in [3.63, 3.8) is 0 Å². The molecular weight excluding hydrogens is 318 g/mol. The number of pyridine rings is 1. The van der Waals surface area contributed by atoms with E-state index in [2.05, 4.69) is 11.1 Å². The molecule has 6 heteroatoms. The van der Waals surface area contributed by atoms with Crippen molar-refractivity contribution in [2.24, 2.45) is 0 Å². The van der Waals surface area contributed by atoms with Crippen molar-refractivity contribution in [2.45, 2.75) is 13.2 Å². The lowest BCUT2D eigenvalue weighted by Crippen LogP contribution is -2.14. The summed E-state index contributed by atoms with van der Waals surface area (Å²) in [6.45, 7) is 1.75. The zero-order valence-electron chi connectivity index (χ0n) is 13.9. The third-order valence-corrected chi connectivity index (χ3v) is 3.66. The fourth-order valence-electron chi connectivity index (χ4n) is 2.31. The lowest BCUT2D eigenvalue weighted by atomic mass is 10.1. The van der Waals surface area contributed by atoms with E-state index >= 15 is 0 Å². The maximum absolute atomic E-state index is 9.43. The number of hydrogen-bond acceptors (Lipinski definition) is 6. The minimum Gasteiger partial charge on any atom is -0.464 e. The fourth-order valence-corrected chi connectivity index (χ4v) is 2.31. The van der Waals surface area contributed by atoms with Crippen molar-refractivity contribution >= 4 is 16.6 Å². The predicted molar refractivity (Wildman–Crippen MR) is 94.5 cm³/mol. The summed E-state index contributed by atoms with van der Waals surface area (Å²) in [4.78, 5) is 4.34. The molecular formula is C19H17N3O3. The number of nitrogen functional groups attached to an aromatic ring is 1. The quantitative estimate of drug-likeness (QED) is 0.562. The number of nitrogens with two attached hydrogens (primary N) is 1. The summed E-state index contributed by atoms with van der Waals surface area (Å²) < 4.78 is 16.6. The first-order chi connectivity index (χ1) is 12.1. The number of nitriles is 1. The van der Waals surface area contributed by atoms with Gasteiger partial charge in [-0.1, -0.05) is 0 Å². The van der Waals surface area contributed by atoms with E-state index in [9.17, 15) is 5.26 Å². The smallest absolute Gasteiger partial charge is 0.196 e. The molecule has 1 atom stereocenters. The molecule has 0 radical (unpaired) electrons. The highest BCUT2D eigenvalue weighted by molar-refractivity contribution is 5.88. The largest absolute Gasteiger partial charge is 0.464 e. The summed E-state index contributed by atoms with van der Waals surface area (Å²) in [5.74, 6) is 1.66. The molecule has 3 aromatic rings. The number of hydrogen-bond donors (Lipinski definition) is 1. The lowest BCUT2D eigenvalue weighted by Gasteiger charge is -2.15. The fraction of sp³-hybridized carbons (Fsp3) is 0.158. The molecule has 6 nitrogen and oxygen atoms in total. The van der Waals surface area contributed by atoms with Gasteiger partial charge in [-0.15, -0.1) is 0 Å². The number of anilines is 1. The normalized spacial score (nSPS) is 11.7. The van der Waals surface area contributed by atoms with E-state index in [-0.39, 0.29) is 0 Å². The van der Waals surface area contributed by atoms with Crippen LogP contribution in [0.1, 0.15) is 12.5 Å². The highest BCUT2D eigenvalue weighted by Gasteiger charge is 2.13. The van der Waals surface area contributed by atoms with E-state index in [0.29, 0.717) is 39.4 Å². The van der Waals surface area contributed by atoms with Crippen LogP contribution in [0.15, 0.2) is 48.7 Å². The number of benzene rings is 2. The van der Waals surface area contributed by atoms with Crippen molar-refractivity contribution < 1.29 is 14.2 Å². The van der Waals surface area contributed by atoms with Crippen molar-refractivity contribution in [1.29, 1.82) is 5.26 Å². The van der Waals surface area contributed by atoms with Crippen LogP contribution in [0.4, 0.5) is 5.69 Å². The van der Waals surface area contributed by atoms with Crippen LogP contribution in [0, 0.1) is 11.3 Å². The zero-order chi connectivity index (χ0) is 17.8. The molecule has 2 aromatic carbocycles. The topological polar surface area (TPSA) is 90.4 Å². The van der Waals surface area contributed by atoms with Crippen molar-refractivity contribution in [3.8, 4) is 23.3 Å². The zero-order valence-corrected chi connectivity index (χ0v) is 13.9. The number of ether oxygens (including phenoxy) is 3. The van der Waals surface area contributed by atoms with Gasteiger partial charge in [0.2, 0.25) is 0 Å². The van der Waals surface area contributed by atoms with E-state index in [1.54, 1.807) is 55.6 Å². The highest BCUT2D eigenvalue weighted by Crippen LogP contribution is 2.33. The number of methoxy groups -OCH3 is 1. The van der Waals surface area contributed by atoms with E-state index in [1.165, 1.54) is 7.11 Å². The molecule has 3 rings (SSSR count). The Balaban J connectivity index is 2.03. The standard InChI is InChI=1S/C19H17N3O3/c1-12(23-2)24-19-10-17-16(9-13(19)11-20)18(7-8-22-17)25-15-5-3-14(21)4-6-15/h3-10,12H,21H2,1-2H3. The molecule has 25 heavy (non-hydrogen) atoms. The molecule has 2 N–H and O–H groups in total. The van der Waals surface area contributed by atoms with Crippen LogP contribution in [0.2, 0.25) is 0 Å². The molecule has 1 aromatic heterocycles. The van der Waals surface area contributed by atoms with Crippen LogP contribution in [0.5, 0.6) is 17.2 Å². The van der Waals surface area contributed by atoms with Crippen LogP contribution in [-0.2, 0) is 4.74 Å². The van der Waals surface area contributed by atoms with Gasteiger partial charge in [0.25, 0.3) is 0 Å². The first-order valence-electron chi connectivity index (χ1n) is 7.66. The molecule has 0 bridgehead atoms. The summed E-state index contributed by atoms with van der Waals surface area (Å²) in [5.41, 5.74) is 7.39. The molecule has 0 saturated carbocycles. The van der Waals surface area contributed by atoms with E-state index in [1.807, 2.05) is 0 Å². The van der Waals surface area contributed by atoms with Gasteiger partial charge in [-0.25, -0.2) is 0 Å². The SMILES string of the molecule is COC(C)Oc1cc2nccc(Oc3ccc(N)cc3)c2cc1C#N. The first kappa shape index (κ1) is 16.6. The molecule has 0 aliphatic carbocycles. The Labute approximate surface area is 145 Å². The second-order valence-electron chi connectivity index (χ2n) is 5.38. The Kier molecular flexibility index (Phi) is 4.68. The average molecular weight is 335 g/mol. The van der Waals surface area contributed by atoms with Gasteiger partial charge in [-0.2, -0.15) is 5.26 Å². The van der Waals surface area contributed by atoms with Gasteiger partial charge in [0.05, 0.1) is 11.1 Å². The van der Waals surface area contributed by atoms with E-state index in [0.717, 1.165) is 0 Å². The van der Waals surface area contributed by atoms with Crippen molar-refractivity contribution in [3.05, 3.63) is 54.2 Å². The maximum Gasteiger partial charge on any atom is 0.196 e. The molecule has 0 fully saturated rings. The Morgan fingerprint density at radius 2 is 1.88 bits per heavy atom. The van der Waals surface area contributed by atoms with Crippen molar-refractivity contribution in [2.75, 3.05) is 12.8 Å². The van der Waals surface area contributed by atoms with Crippen molar-refractivity contribution in [1.82, 2.24) is 4.98 Å². The monoisotopic (exact) mass is 335 g/mol. The summed E-state index contributed by atoms with van der Waals surface area (Å²) in [5, 5.41) is 10.1. The van der Waals surface area contributed by atoms with Crippen LogP contribution in [0.3, 0.4) is 0 Å². The van der Waals surface area contributed by atoms with E-state index < -0.39 is 6.29 Å². The third kappa shape index (κ3) is 3.62. The van der Waals surface area contributed by atoms with Gasteiger partial charge >= 0.3 is 0 Å². The highest BCUT2D eigenvalue weighted by atomic mass is 16.7. The lowest BCUT2D eigenvalue weighted by molar-refractivity contribution is -0.0383. The molecule has 1 unspecified atom stereocenters. The summed E-state index contributed by atoms with van der Waals surface area (Å²) >= 11 is 0. The molecule has 0 saturated heterocycles. The Morgan fingerprint density at radius 3 is 2.56 bits per heavy atom. The van der Waals surface area contributed by atoms with Gasteiger partial charge in [0.15, 0.2) is 6.29 Å². The second-order valence-corrected chi connectivity index (χ2v) is 5.38. The number of aromatic nitrogens is 1. The van der Waals surface area contributed by atoms with Gasteiger partial charge in [0, 0.05) is 30.4 Å². The molecule has 1 heterocycles. The minimum absolute atomic E-state index is 0.381. The molecule has 0 spiro atoms. The maximum atomic E-state index is 9.43. The van der Waals surface area contributed by atoms with Crippen LogP contribution in [-0.4, -0.2) is 18.4 Å². The second kappa shape index (κ2) is 7.07. The van der Waals surface area contributed by atoms with Gasteiger partial charge in [-0.05, 0) is 43.3 Å². The first-order valence-corrected chi connectivity index (χ1v) is 7.66. The van der Waals surface area contributed by atoms with Gasteiger partial charge in [-0.3, -0.25) is 4.98 Å².